The Kier molecular flexibility index (Phi) is 4.86. The Bertz CT molecular complexity index is 615. The van der Waals surface area contributed by atoms with E-state index in [2.05, 4.69) is 0 Å². The van der Waals surface area contributed by atoms with Crippen LogP contribution >= 0.6 is 23.2 Å². The van der Waals surface area contributed by atoms with Gasteiger partial charge in [-0.3, -0.25) is 0 Å². The molecule has 0 unspecified atom stereocenters. The summed E-state index contributed by atoms with van der Waals surface area (Å²) in [7, 11) is 0. The molecule has 0 aliphatic rings. The van der Waals surface area contributed by atoms with E-state index in [-0.39, 0.29) is 12.2 Å². The first-order valence-electron chi connectivity index (χ1n) is 6.01. The molecule has 0 amide bonds. The van der Waals surface area contributed by atoms with Crippen LogP contribution in [0.15, 0.2) is 36.4 Å². The number of benzene rings is 2. The maximum Gasteiger partial charge on any atom is 0.132 e. The highest BCUT2D eigenvalue weighted by atomic mass is 35.5. The Hall–Kier alpha value is -1.29. The van der Waals surface area contributed by atoms with Gasteiger partial charge in [-0.25, -0.2) is 4.39 Å². The smallest absolute Gasteiger partial charge is 0.132 e. The van der Waals surface area contributed by atoms with Crippen LogP contribution in [-0.2, 0) is 6.61 Å². The Labute approximate surface area is 126 Å². The molecule has 2 aromatic rings. The minimum Gasteiger partial charge on any atom is -0.489 e. The van der Waals surface area contributed by atoms with Crippen LogP contribution in [0.5, 0.6) is 5.75 Å². The van der Waals surface area contributed by atoms with E-state index in [0.717, 1.165) is 5.56 Å². The van der Waals surface area contributed by atoms with E-state index in [4.69, 9.17) is 27.9 Å². The van der Waals surface area contributed by atoms with Crippen molar-refractivity contribution in [3.8, 4) is 5.75 Å². The molecule has 0 fully saturated rings. The lowest BCUT2D eigenvalue weighted by molar-refractivity contribution is 0.194. The van der Waals surface area contributed by atoms with Crippen LogP contribution in [-0.4, -0.2) is 5.11 Å². The summed E-state index contributed by atoms with van der Waals surface area (Å²) in [4.78, 5) is 0. The fourth-order valence-corrected chi connectivity index (χ4v) is 2.20. The molecule has 1 N–H and O–H groups in total. The third-order valence-corrected chi connectivity index (χ3v) is 3.42. The van der Waals surface area contributed by atoms with E-state index < -0.39 is 11.9 Å². The molecular formula is C15H13Cl2FO2. The summed E-state index contributed by atoms with van der Waals surface area (Å²) in [6, 6.07) is 9.44. The van der Waals surface area contributed by atoms with Crippen LogP contribution in [0.2, 0.25) is 10.0 Å². The topological polar surface area (TPSA) is 29.5 Å². The van der Waals surface area contributed by atoms with Gasteiger partial charge in [0.25, 0.3) is 0 Å². The van der Waals surface area contributed by atoms with Crippen molar-refractivity contribution < 1.29 is 14.2 Å². The number of aliphatic hydroxyl groups excluding tert-OH is 1. The first-order chi connectivity index (χ1) is 9.47. The number of halogens is 3. The second-order valence-corrected chi connectivity index (χ2v) is 5.23. The number of aliphatic hydroxyl groups is 1. The van der Waals surface area contributed by atoms with Crippen LogP contribution < -0.4 is 4.74 Å². The van der Waals surface area contributed by atoms with Crippen molar-refractivity contribution in [2.24, 2.45) is 0 Å². The van der Waals surface area contributed by atoms with Crippen molar-refractivity contribution in [2.75, 3.05) is 0 Å². The average Bonchev–Trinajstić information content (AvgIpc) is 2.37. The van der Waals surface area contributed by atoms with Gasteiger partial charge >= 0.3 is 0 Å². The highest BCUT2D eigenvalue weighted by Crippen LogP contribution is 2.25. The fraction of sp³-hybridized carbons (Fsp3) is 0.200. The second-order valence-electron chi connectivity index (χ2n) is 4.38. The van der Waals surface area contributed by atoms with E-state index in [1.165, 1.54) is 19.1 Å². The van der Waals surface area contributed by atoms with E-state index >= 15 is 0 Å². The van der Waals surface area contributed by atoms with Crippen molar-refractivity contribution in [1.29, 1.82) is 0 Å². The van der Waals surface area contributed by atoms with Gasteiger partial charge in [0, 0.05) is 27.2 Å². The van der Waals surface area contributed by atoms with Crippen LogP contribution in [0.4, 0.5) is 4.39 Å². The van der Waals surface area contributed by atoms with Crippen molar-refractivity contribution in [2.45, 2.75) is 19.6 Å². The summed E-state index contributed by atoms with van der Waals surface area (Å²) in [6.45, 7) is 1.72. The second kappa shape index (κ2) is 6.44. The van der Waals surface area contributed by atoms with Crippen LogP contribution in [0.1, 0.15) is 24.2 Å². The normalized spacial score (nSPS) is 12.2. The summed E-state index contributed by atoms with van der Waals surface area (Å²) in [6.07, 6.45) is -0.852. The van der Waals surface area contributed by atoms with Gasteiger partial charge in [0.15, 0.2) is 0 Å². The highest BCUT2D eigenvalue weighted by Gasteiger charge is 2.09. The molecule has 0 aromatic heterocycles. The third kappa shape index (κ3) is 3.63. The number of hydrogen-bond donors (Lipinski definition) is 1. The average molecular weight is 315 g/mol. The van der Waals surface area contributed by atoms with E-state index in [0.29, 0.717) is 15.8 Å². The zero-order valence-corrected chi connectivity index (χ0v) is 12.2. The van der Waals surface area contributed by atoms with Crippen molar-refractivity contribution >= 4 is 23.2 Å². The lowest BCUT2D eigenvalue weighted by Gasteiger charge is -2.11. The Balaban J connectivity index is 2.09. The molecule has 0 radical (unpaired) electrons. The molecule has 0 bridgehead atoms. The molecule has 2 rings (SSSR count). The third-order valence-electron chi connectivity index (χ3n) is 2.83. The zero-order chi connectivity index (χ0) is 14.7. The Morgan fingerprint density at radius 3 is 2.55 bits per heavy atom. The first kappa shape index (κ1) is 15.1. The molecule has 0 saturated carbocycles. The molecule has 0 aliphatic heterocycles. The molecule has 2 nitrogen and oxygen atoms in total. The molecule has 106 valence electrons. The summed E-state index contributed by atoms with van der Waals surface area (Å²) in [5.41, 5.74) is 0.998. The summed E-state index contributed by atoms with van der Waals surface area (Å²) in [5.74, 6) is -0.127. The van der Waals surface area contributed by atoms with Gasteiger partial charge in [-0.1, -0.05) is 29.3 Å². The van der Waals surface area contributed by atoms with Crippen LogP contribution in [0.25, 0.3) is 0 Å². The van der Waals surface area contributed by atoms with Crippen molar-refractivity contribution in [3.63, 3.8) is 0 Å². The predicted molar refractivity (Wildman–Crippen MR) is 77.8 cm³/mol. The lowest BCUT2D eigenvalue weighted by atomic mass is 10.1. The lowest BCUT2D eigenvalue weighted by Crippen LogP contribution is -1.99. The van der Waals surface area contributed by atoms with Gasteiger partial charge in [-0.05, 0) is 31.2 Å². The van der Waals surface area contributed by atoms with Gasteiger partial charge in [-0.2, -0.15) is 0 Å². The molecule has 1 atom stereocenters. The van der Waals surface area contributed by atoms with E-state index in [1.54, 1.807) is 24.3 Å². The molecule has 20 heavy (non-hydrogen) atoms. The van der Waals surface area contributed by atoms with Crippen molar-refractivity contribution in [1.82, 2.24) is 0 Å². The maximum atomic E-state index is 13.7. The van der Waals surface area contributed by atoms with Crippen molar-refractivity contribution in [3.05, 3.63) is 63.4 Å². The van der Waals surface area contributed by atoms with Gasteiger partial charge in [0.2, 0.25) is 0 Å². The van der Waals surface area contributed by atoms with Gasteiger partial charge in [-0.15, -0.1) is 0 Å². The molecular weight excluding hydrogens is 302 g/mol. The zero-order valence-electron chi connectivity index (χ0n) is 10.7. The van der Waals surface area contributed by atoms with Gasteiger partial charge < -0.3 is 9.84 Å². The largest absolute Gasteiger partial charge is 0.489 e. The number of rotatable bonds is 4. The summed E-state index contributed by atoms with van der Waals surface area (Å²) in [5, 5.41) is 10.4. The van der Waals surface area contributed by atoms with Crippen LogP contribution in [0, 0.1) is 5.82 Å². The minimum absolute atomic E-state index is 0.212. The Morgan fingerprint density at radius 2 is 1.95 bits per heavy atom. The summed E-state index contributed by atoms with van der Waals surface area (Å²) >= 11 is 11.8. The monoisotopic (exact) mass is 314 g/mol. The SMILES string of the molecule is C[C@H](O)c1ccc(OCc2ccc(Cl)cc2Cl)cc1F. The highest BCUT2D eigenvalue weighted by molar-refractivity contribution is 6.35. The molecule has 5 heteroatoms. The molecule has 0 heterocycles. The van der Waals surface area contributed by atoms with E-state index in [9.17, 15) is 9.50 Å². The van der Waals surface area contributed by atoms with Crippen LogP contribution in [0.3, 0.4) is 0 Å². The van der Waals surface area contributed by atoms with E-state index in [1.807, 2.05) is 0 Å². The predicted octanol–water partition coefficient (Wildman–Crippen LogP) is 4.76. The number of hydrogen-bond acceptors (Lipinski definition) is 2. The quantitative estimate of drug-likeness (QED) is 0.881. The number of ether oxygens (including phenoxy) is 1. The molecule has 0 saturated heterocycles. The fourth-order valence-electron chi connectivity index (χ4n) is 1.74. The molecule has 0 aliphatic carbocycles. The standard InChI is InChI=1S/C15H13Cl2FO2/c1-9(19)13-5-4-12(7-15(13)18)20-8-10-2-3-11(16)6-14(10)17/h2-7,9,19H,8H2,1H3/t9-/m0/s1. The van der Waals surface area contributed by atoms with Gasteiger partial charge in [0.05, 0.1) is 6.10 Å². The molecule has 0 spiro atoms. The Morgan fingerprint density at radius 1 is 1.20 bits per heavy atom. The first-order valence-corrected chi connectivity index (χ1v) is 6.77. The summed E-state index contributed by atoms with van der Waals surface area (Å²) < 4.78 is 19.2. The minimum atomic E-state index is -0.852. The maximum absolute atomic E-state index is 13.7. The van der Waals surface area contributed by atoms with Gasteiger partial charge in [0.1, 0.15) is 18.2 Å². The molecule has 2 aromatic carbocycles.